The first-order valence-electron chi connectivity index (χ1n) is 6.84. The van der Waals surface area contributed by atoms with E-state index in [-0.39, 0.29) is 0 Å². The van der Waals surface area contributed by atoms with E-state index in [9.17, 15) is 4.79 Å². The Balaban J connectivity index is 0.000000282. The predicted octanol–water partition coefficient (Wildman–Crippen LogP) is 3.26. The summed E-state index contributed by atoms with van der Waals surface area (Å²) in [4.78, 5) is 13.6. The number of aromatic nitrogens is 2. The summed E-state index contributed by atoms with van der Waals surface area (Å²) in [5.74, 6) is 0. The van der Waals surface area contributed by atoms with Crippen LogP contribution in [-0.2, 0) is 16.1 Å². The molecule has 2 aromatic heterocycles. The van der Waals surface area contributed by atoms with Crippen molar-refractivity contribution in [2.75, 3.05) is 6.61 Å². The minimum Gasteiger partial charge on any atom is -0.468 e. The molecule has 108 valence electrons. The van der Waals surface area contributed by atoms with Gasteiger partial charge < -0.3 is 9.30 Å². The number of pyridine rings is 1. The Morgan fingerprint density at radius 3 is 2.62 bits per heavy atom. The average molecular weight is 282 g/mol. The Hall–Kier alpha value is -2.62. The summed E-state index contributed by atoms with van der Waals surface area (Å²) < 4.78 is 6.32. The lowest BCUT2D eigenvalue weighted by Crippen LogP contribution is -1.98. The third-order valence-corrected chi connectivity index (χ3v) is 2.95. The number of fused-ring (bicyclic) bond motifs is 1. The van der Waals surface area contributed by atoms with Crippen molar-refractivity contribution >= 4 is 17.5 Å². The molecule has 0 bridgehead atoms. The summed E-state index contributed by atoms with van der Waals surface area (Å²) in [6, 6.07) is 16.6. The molecular weight excluding hydrogens is 264 g/mol. The van der Waals surface area contributed by atoms with Gasteiger partial charge in [-0.1, -0.05) is 30.3 Å². The molecule has 0 N–H and O–H groups in total. The molecule has 21 heavy (non-hydrogen) atoms. The summed E-state index contributed by atoms with van der Waals surface area (Å²) in [5.41, 5.74) is 2.34. The molecule has 0 fully saturated rings. The van der Waals surface area contributed by atoms with Gasteiger partial charge in [0, 0.05) is 24.3 Å². The molecule has 0 saturated heterocycles. The fourth-order valence-corrected chi connectivity index (χ4v) is 2.00. The smallest absolute Gasteiger partial charge is 0.293 e. The number of hydrogen-bond acceptors (Lipinski definition) is 3. The molecule has 0 aliphatic heterocycles. The van der Waals surface area contributed by atoms with Crippen LogP contribution in [0.1, 0.15) is 12.5 Å². The second-order valence-corrected chi connectivity index (χ2v) is 4.40. The first-order valence-corrected chi connectivity index (χ1v) is 6.84. The van der Waals surface area contributed by atoms with Crippen molar-refractivity contribution in [3.8, 4) is 0 Å². The molecule has 4 heteroatoms. The normalized spacial score (nSPS) is 9.76. The number of hydrogen-bond donors (Lipinski definition) is 0. The standard InChI is InChI=1S/C14H12N2.C3H6O2/c1-2-5-12(6-3-1)11-16-10-8-13-7-4-9-15-14(13)16;1-2-5-3-4/h1-10H,11H2;3H,2H2,1H3. The second kappa shape index (κ2) is 7.85. The van der Waals surface area contributed by atoms with Gasteiger partial charge in [0.1, 0.15) is 5.65 Å². The quantitative estimate of drug-likeness (QED) is 0.690. The Bertz CT molecular complexity index is 677. The molecule has 0 unspecified atom stereocenters. The van der Waals surface area contributed by atoms with Gasteiger partial charge >= 0.3 is 0 Å². The molecule has 0 atom stereocenters. The SMILES string of the molecule is CCOC=O.c1ccc(Cn2ccc3cccnc32)cc1. The molecule has 3 aromatic rings. The maximum atomic E-state index is 9.18. The number of rotatable bonds is 4. The largest absolute Gasteiger partial charge is 0.468 e. The van der Waals surface area contributed by atoms with Gasteiger partial charge in [0.05, 0.1) is 6.61 Å². The molecule has 3 rings (SSSR count). The van der Waals surface area contributed by atoms with E-state index in [1.807, 2.05) is 18.3 Å². The average Bonchev–Trinajstić information content (AvgIpc) is 2.93. The molecule has 0 radical (unpaired) electrons. The Morgan fingerprint density at radius 1 is 1.14 bits per heavy atom. The van der Waals surface area contributed by atoms with Gasteiger partial charge in [-0.2, -0.15) is 0 Å². The molecular formula is C17H18N2O2. The summed E-state index contributed by atoms with van der Waals surface area (Å²) in [6.45, 7) is 3.54. The third-order valence-electron chi connectivity index (χ3n) is 2.95. The van der Waals surface area contributed by atoms with E-state index >= 15 is 0 Å². The highest BCUT2D eigenvalue weighted by Gasteiger charge is 2.01. The van der Waals surface area contributed by atoms with E-state index < -0.39 is 0 Å². The molecule has 0 saturated carbocycles. The molecule has 0 spiro atoms. The van der Waals surface area contributed by atoms with Crippen LogP contribution in [0.2, 0.25) is 0 Å². The Kier molecular flexibility index (Phi) is 5.52. The zero-order valence-corrected chi connectivity index (χ0v) is 12.0. The van der Waals surface area contributed by atoms with Crippen molar-refractivity contribution in [1.29, 1.82) is 0 Å². The lowest BCUT2D eigenvalue weighted by molar-refractivity contribution is -0.128. The molecule has 0 aliphatic rings. The van der Waals surface area contributed by atoms with Crippen LogP contribution in [0.5, 0.6) is 0 Å². The summed E-state index contributed by atoms with van der Waals surface area (Å²) >= 11 is 0. The van der Waals surface area contributed by atoms with Crippen LogP contribution in [0.15, 0.2) is 60.9 Å². The van der Waals surface area contributed by atoms with Crippen LogP contribution in [0, 0.1) is 0 Å². The van der Waals surface area contributed by atoms with Crippen molar-refractivity contribution in [3.63, 3.8) is 0 Å². The monoisotopic (exact) mass is 282 g/mol. The topological polar surface area (TPSA) is 44.1 Å². The van der Waals surface area contributed by atoms with E-state index in [1.54, 1.807) is 6.92 Å². The van der Waals surface area contributed by atoms with Crippen molar-refractivity contribution < 1.29 is 9.53 Å². The molecule has 4 nitrogen and oxygen atoms in total. The van der Waals surface area contributed by atoms with E-state index in [0.29, 0.717) is 13.1 Å². The van der Waals surface area contributed by atoms with Gasteiger partial charge in [0.15, 0.2) is 0 Å². The van der Waals surface area contributed by atoms with E-state index in [1.165, 1.54) is 10.9 Å². The Labute approximate surface area is 124 Å². The van der Waals surface area contributed by atoms with Crippen LogP contribution in [0.25, 0.3) is 11.0 Å². The third kappa shape index (κ3) is 4.18. The van der Waals surface area contributed by atoms with Gasteiger partial charge in [0.2, 0.25) is 0 Å². The first kappa shape index (κ1) is 14.8. The molecule has 2 heterocycles. The number of carbonyl (C=O) groups is 1. The van der Waals surface area contributed by atoms with Gasteiger partial charge in [-0.3, -0.25) is 4.79 Å². The van der Waals surface area contributed by atoms with Gasteiger partial charge in [-0.05, 0) is 30.7 Å². The van der Waals surface area contributed by atoms with Crippen LogP contribution >= 0.6 is 0 Å². The van der Waals surface area contributed by atoms with Crippen molar-refractivity contribution in [2.24, 2.45) is 0 Å². The van der Waals surface area contributed by atoms with Crippen LogP contribution in [0.3, 0.4) is 0 Å². The number of ether oxygens (including phenoxy) is 1. The summed E-state index contributed by atoms with van der Waals surface area (Å²) in [5, 5.41) is 1.19. The highest BCUT2D eigenvalue weighted by Crippen LogP contribution is 2.14. The van der Waals surface area contributed by atoms with Crippen LogP contribution in [0.4, 0.5) is 0 Å². The zero-order valence-electron chi connectivity index (χ0n) is 12.0. The fraction of sp³-hybridized carbons (Fsp3) is 0.176. The number of benzene rings is 1. The maximum absolute atomic E-state index is 9.18. The minimum absolute atomic E-state index is 0.431. The molecule has 0 aliphatic carbocycles. The molecule has 0 amide bonds. The lowest BCUT2D eigenvalue weighted by atomic mass is 10.2. The Morgan fingerprint density at radius 2 is 1.95 bits per heavy atom. The summed E-state index contributed by atoms with van der Waals surface area (Å²) in [6.07, 6.45) is 3.93. The second-order valence-electron chi connectivity index (χ2n) is 4.40. The highest BCUT2D eigenvalue weighted by atomic mass is 16.5. The van der Waals surface area contributed by atoms with Gasteiger partial charge in [-0.15, -0.1) is 0 Å². The molecule has 1 aromatic carbocycles. The van der Waals surface area contributed by atoms with Gasteiger partial charge in [0.25, 0.3) is 6.47 Å². The van der Waals surface area contributed by atoms with Crippen molar-refractivity contribution in [2.45, 2.75) is 13.5 Å². The number of carbonyl (C=O) groups excluding carboxylic acids is 1. The minimum atomic E-state index is 0.431. The maximum Gasteiger partial charge on any atom is 0.293 e. The van der Waals surface area contributed by atoms with Crippen molar-refractivity contribution in [3.05, 3.63) is 66.5 Å². The van der Waals surface area contributed by atoms with E-state index in [0.717, 1.165) is 12.2 Å². The van der Waals surface area contributed by atoms with Crippen LogP contribution in [-0.4, -0.2) is 22.6 Å². The number of nitrogens with zero attached hydrogens (tertiary/aromatic N) is 2. The lowest BCUT2D eigenvalue weighted by Gasteiger charge is -2.04. The predicted molar refractivity (Wildman–Crippen MR) is 83.0 cm³/mol. The van der Waals surface area contributed by atoms with Crippen LogP contribution < -0.4 is 0 Å². The van der Waals surface area contributed by atoms with E-state index in [2.05, 4.69) is 56.9 Å². The summed E-state index contributed by atoms with van der Waals surface area (Å²) in [7, 11) is 0. The van der Waals surface area contributed by atoms with E-state index in [4.69, 9.17) is 0 Å². The van der Waals surface area contributed by atoms with Crippen molar-refractivity contribution in [1.82, 2.24) is 9.55 Å². The zero-order chi connectivity index (χ0) is 14.9. The first-order chi connectivity index (χ1) is 10.3. The fourth-order valence-electron chi connectivity index (χ4n) is 2.00. The highest BCUT2D eigenvalue weighted by molar-refractivity contribution is 5.75. The van der Waals surface area contributed by atoms with Gasteiger partial charge in [-0.25, -0.2) is 4.98 Å².